The van der Waals surface area contributed by atoms with Crippen molar-refractivity contribution in [3.05, 3.63) is 66.2 Å². The molecule has 1 unspecified atom stereocenters. The lowest BCUT2D eigenvalue weighted by molar-refractivity contribution is -0.131. The second kappa shape index (κ2) is 8.21. The molecule has 1 heterocycles. The molecule has 23 heavy (non-hydrogen) atoms. The normalized spacial score (nSPS) is 17.4. The Morgan fingerprint density at radius 1 is 1.04 bits per heavy atom. The van der Waals surface area contributed by atoms with E-state index in [1.807, 2.05) is 24.3 Å². The fourth-order valence-corrected chi connectivity index (χ4v) is 4.04. The zero-order valence-electron chi connectivity index (χ0n) is 13.4. The van der Waals surface area contributed by atoms with Crippen molar-refractivity contribution in [2.75, 3.05) is 12.3 Å². The predicted molar refractivity (Wildman–Crippen MR) is 96.7 cm³/mol. The minimum absolute atomic E-state index is 0.312. The molecule has 1 aliphatic rings. The van der Waals surface area contributed by atoms with Crippen LogP contribution in [0.15, 0.2) is 65.6 Å². The van der Waals surface area contributed by atoms with E-state index >= 15 is 0 Å². The van der Waals surface area contributed by atoms with Crippen molar-refractivity contribution in [3.63, 3.8) is 0 Å². The average Bonchev–Trinajstić information content (AvgIpc) is 3.05. The van der Waals surface area contributed by atoms with E-state index in [4.69, 9.17) is 0 Å². The van der Waals surface area contributed by atoms with E-state index in [9.17, 15) is 4.79 Å². The molecule has 0 radical (unpaired) electrons. The lowest BCUT2D eigenvalue weighted by Crippen LogP contribution is -2.36. The van der Waals surface area contributed by atoms with E-state index in [-0.39, 0.29) is 0 Å². The van der Waals surface area contributed by atoms with Crippen molar-refractivity contribution in [2.45, 2.75) is 36.6 Å². The third-order valence-electron chi connectivity index (χ3n) is 4.34. The maximum atomic E-state index is 12.5. The molecule has 0 aliphatic carbocycles. The van der Waals surface area contributed by atoms with Gasteiger partial charge in [0.05, 0.1) is 0 Å². The van der Waals surface area contributed by atoms with Gasteiger partial charge in [-0.25, -0.2) is 0 Å². The van der Waals surface area contributed by atoms with Crippen LogP contribution in [0.3, 0.4) is 0 Å². The van der Waals surface area contributed by atoms with Gasteiger partial charge in [0, 0.05) is 29.7 Å². The van der Waals surface area contributed by atoms with Crippen LogP contribution in [0.4, 0.5) is 0 Å². The van der Waals surface area contributed by atoms with Gasteiger partial charge >= 0.3 is 0 Å². The molecule has 1 amide bonds. The van der Waals surface area contributed by atoms with E-state index in [2.05, 4.69) is 41.3 Å². The first kappa shape index (κ1) is 16.1. The van der Waals surface area contributed by atoms with Gasteiger partial charge < -0.3 is 4.90 Å². The van der Waals surface area contributed by atoms with Crippen LogP contribution in [0.2, 0.25) is 0 Å². The van der Waals surface area contributed by atoms with Crippen LogP contribution < -0.4 is 0 Å². The first-order chi connectivity index (χ1) is 11.3. The molecule has 1 saturated heterocycles. The summed E-state index contributed by atoms with van der Waals surface area (Å²) in [6, 6.07) is 21.2. The Kier molecular flexibility index (Phi) is 5.76. The van der Waals surface area contributed by atoms with Crippen LogP contribution in [-0.4, -0.2) is 29.1 Å². The largest absolute Gasteiger partial charge is 0.339 e. The van der Waals surface area contributed by atoms with Crippen LogP contribution >= 0.6 is 11.8 Å². The summed E-state index contributed by atoms with van der Waals surface area (Å²) in [5, 5.41) is 0. The minimum Gasteiger partial charge on any atom is -0.339 e. The van der Waals surface area contributed by atoms with Gasteiger partial charge in [0.25, 0.3) is 0 Å². The van der Waals surface area contributed by atoms with Gasteiger partial charge in [-0.3, -0.25) is 4.79 Å². The summed E-state index contributed by atoms with van der Waals surface area (Å²) in [5.74, 6) is 1.17. The van der Waals surface area contributed by atoms with Crippen LogP contribution in [0.1, 0.15) is 24.8 Å². The molecule has 1 fully saturated rings. The Balaban J connectivity index is 1.50. The van der Waals surface area contributed by atoms with Gasteiger partial charge in [-0.1, -0.05) is 48.5 Å². The van der Waals surface area contributed by atoms with Gasteiger partial charge in [-0.2, -0.15) is 0 Å². The molecular formula is C20H23NOS. The second-order valence-electron chi connectivity index (χ2n) is 5.98. The number of hydrogen-bond donors (Lipinski definition) is 0. The monoisotopic (exact) mass is 325 g/mol. The molecule has 2 aromatic rings. The molecule has 1 aliphatic heterocycles. The first-order valence-corrected chi connectivity index (χ1v) is 9.33. The maximum Gasteiger partial charge on any atom is 0.223 e. The van der Waals surface area contributed by atoms with Gasteiger partial charge in [-0.15, -0.1) is 11.8 Å². The molecule has 0 saturated carbocycles. The van der Waals surface area contributed by atoms with E-state index in [1.165, 1.54) is 10.5 Å². The van der Waals surface area contributed by atoms with Crippen molar-refractivity contribution >= 4 is 17.7 Å². The van der Waals surface area contributed by atoms with Crippen molar-refractivity contribution in [2.24, 2.45) is 0 Å². The molecule has 3 heteroatoms. The highest BCUT2D eigenvalue weighted by Crippen LogP contribution is 2.24. The van der Waals surface area contributed by atoms with Crippen molar-refractivity contribution in [1.82, 2.24) is 4.90 Å². The Bertz CT molecular complexity index is 614. The predicted octanol–water partition coefficient (Wildman–Crippen LogP) is 4.40. The SMILES string of the molecule is O=C(CCSc1ccccc1)N1CCCC1Cc1ccccc1. The Morgan fingerprint density at radius 3 is 2.48 bits per heavy atom. The third kappa shape index (κ3) is 4.61. The van der Waals surface area contributed by atoms with Crippen molar-refractivity contribution in [1.29, 1.82) is 0 Å². The Morgan fingerprint density at radius 2 is 1.74 bits per heavy atom. The number of amides is 1. The van der Waals surface area contributed by atoms with E-state index in [1.54, 1.807) is 11.8 Å². The number of thioether (sulfide) groups is 1. The number of carbonyl (C=O) groups excluding carboxylic acids is 1. The van der Waals surface area contributed by atoms with E-state index < -0.39 is 0 Å². The lowest BCUT2D eigenvalue weighted by Gasteiger charge is -2.25. The summed E-state index contributed by atoms with van der Waals surface area (Å²) in [6.45, 7) is 0.923. The molecular weight excluding hydrogens is 302 g/mol. The number of rotatable bonds is 6. The van der Waals surface area contributed by atoms with Crippen molar-refractivity contribution < 1.29 is 4.79 Å². The van der Waals surface area contributed by atoms with Gasteiger partial charge in [-0.05, 0) is 37.0 Å². The van der Waals surface area contributed by atoms with Crippen LogP contribution in [-0.2, 0) is 11.2 Å². The topological polar surface area (TPSA) is 20.3 Å². The fourth-order valence-electron chi connectivity index (χ4n) is 3.18. The summed E-state index contributed by atoms with van der Waals surface area (Å²) in [6.07, 6.45) is 3.88. The highest BCUT2D eigenvalue weighted by atomic mass is 32.2. The maximum absolute atomic E-state index is 12.5. The molecule has 120 valence electrons. The number of benzene rings is 2. The van der Waals surface area contributed by atoms with Crippen LogP contribution in [0.5, 0.6) is 0 Å². The van der Waals surface area contributed by atoms with Gasteiger partial charge in [0.2, 0.25) is 5.91 Å². The Hall–Kier alpha value is -1.74. The summed E-state index contributed by atoms with van der Waals surface area (Å²) in [4.78, 5) is 15.9. The quantitative estimate of drug-likeness (QED) is 0.734. The highest BCUT2D eigenvalue weighted by Gasteiger charge is 2.28. The van der Waals surface area contributed by atoms with Gasteiger partial charge in [0.1, 0.15) is 0 Å². The molecule has 2 nitrogen and oxygen atoms in total. The fraction of sp³-hybridized carbons (Fsp3) is 0.350. The van der Waals surface area contributed by atoms with Crippen molar-refractivity contribution in [3.8, 4) is 0 Å². The molecule has 0 bridgehead atoms. The minimum atomic E-state index is 0.312. The number of hydrogen-bond acceptors (Lipinski definition) is 2. The Labute approximate surface area is 142 Å². The molecule has 2 aromatic carbocycles. The smallest absolute Gasteiger partial charge is 0.223 e. The second-order valence-corrected chi connectivity index (χ2v) is 7.15. The van der Waals surface area contributed by atoms with Gasteiger partial charge in [0.15, 0.2) is 0 Å². The van der Waals surface area contributed by atoms with Crippen LogP contribution in [0.25, 0.3) is 0 Å². The average molecular weight is 325 g/mol. The first-order valence-electron chi connectivity index (χ1n) is 8.34. The molecule has 0 aromatic heterocycles. The number of likely N-dealkylation sites (tertiary alicyclic amines) is 1. The highest BCUT2D eigenvalue weighted by molar-refractivity contribution is 7.99. The molecule has 1 atom stereocenters. The molecule has 0 spiro atoms. The number of nitrogens with zero attached hydrogens (tertiary/aromatic N) is 1. The number of carbonyl (C=O) groups is 1. The zero-order valence-corrected chi connectivity index (χ0v) is 14.2. The zero-order chi connectivity index (χ0) is 15.9. The summed E-state index contributed by atoms with van der Waals surface area (Å²) in [7, 11) is 0. The molecule has 3 rings (SSSR count). The molecule has 0 N–H and O–H groups in total. The van der Waals surface area contributed by atoms with Crippen LogP contribution in [0, 0.1) is 0 Å². The standard InChI is InChI=1S/C20H23NOS/c22-20(13-15-23-19-11-5-2-6-12-19)21-14-7-10-18(21)16-17-8-3-1-4-9-17/h1-6,8-9,11-12,18H,7,10,13-16H2. The third-order valence-corrected chi connectivity index (χ3v) is 5.35. The summed E-state index contributed by atoms with van der Waals surface area (Å²) >= 11 is 1.77. The lowest BCUT2D eigenvalue weighted by atomic mass is 10.0. The summed E-state index contributed by atoms with van der Waals surface area (Å²) in [5.41, 5.74) is 1.33. The van der Waals surface area contributed by atoms with E-state index in [0.29, 0.717) is 18.4 Å². The summed E-state index contributed by atoms with van der Waals surface area (Å²) < 4.78 is 0. The van der Waals surface area contributed by atoms with E-state index in [0.717, 1.165) is 31.6 Å².